The lowest BCUT2D eigenvalue weighted by molar-refractivity contribution is -0.133. The average molecular weight is 289 g/mol. The number of aliphatic hydroxyl groups is 1. The monoisotopic (exact) mass is 289 g/mol. The normalized spacial score (nSPS) is 27.8. The number of fused-ring (bicyclic) bond motifs is 1. The van der Waals surface area contributed by atoms with Crippen LogP contribution < -0.4 is 5.32 Å². The summed E-state index contributed by atoms with van der Waals surface area (Å²) in [5.74, 6) is 0.106. The Balaban J connectivity index is 1.70. The van der Waals surface area contributed by atoms with Gasteiger partial charge in [-0.3, -0.25) is 4.79 Å². The van der Waals surface area contributed by atoms with Gasteiger partial charge in [0.15, 0.2) is 0 Å². The summed E-state index contributed by atoms with van der Waals surface area (Å²) in [6, 6.07) is 7.96. The molecule has 2 N–H and O–H groups in total. The van der Waals surface area contributed by atoms with Crippen molar-refractivity contribution in [2.75, 3.05) is 32.5 Å². The van der Waals surface area contributed by atoms with Crippen LogP contribution in [0.3, 0.4) is 0 Å². The van der Waals surface area contributed by atoms with E-state index in [0.717, 1.165) is 18.7 Å². The van der Waals surface area contributed by atoms with E-state index in [1.807, 2.05) is 37.2 Å². The van der Waals surface area contributed by atoms with Gasteiger partial charge >= 0.3 is 0 Å². The Hall–Kier alpha value is -1.59. The van der Waals surface area contributed by atoms with Crippen LogP contribution in [0.2, 0.25) is 0 Å². The van der Waals surface area contributed by atoms with Gasteiger partial charge in [0.2, 0.25) is 5.91 Å². The first-order chi connectivity index (χ1) is 10.0. The Bertz CT molecular complexity index is 507. The highest BCUT2D eigenvalue weighted by atomic mass is 16.3. The number of β-amino-alcohol motifs (C(OH)–C–C–N with tert-alkyl or cyclic N) is 1. The number of hydrogen-bond donors (Lipinski definition) is 2. The number of benzene rings is 1. The molecule has 3 unspecified atom stereocenters. The number of likely N-dealkylation sites (N-methyl/N-ethyl adjacent to an activating group) is 1. The zero-order chi connectivity index (χ0) is 15.0. The molecule has 1 aromatic rings. The Morgan fingerprint density at radius 2 is 2.19 bits per heavy atom. The minimum Gasteiger partial charge on any atom is -0.391 e. The van der Waals surface area contributed by atoms with Crippen molar-refractivity contribution >= 4 is 11.6 Å². The van der Waals surface area contributed by atoms with Gasteiger partial charge in [-0.2, -0.15) is 0 Å². The Morgan fingerprint density at radius 3 is 2.90 bits per heavy atom. The van der Waals surface area contributed by atoms with Crippen LogP contribution in [-0.2, 0) is 11.2 Å². The fourth-order valence-electron chi connectivity index (χ4n) is 3.40. The van der Waals surface area contributed by atoms with Crippen molar-refractivity contribution in [1.29, 1.82) is 0 Å². The summed E-state index contributed by atoms with van der Waals surface area (Å²) in [5.41, 5.74) is 2.25. The summed E-state index contributed by atoms with van der Waals surface area (Å²) >= 11 is 0. The van der Waals surface area contributed by atoms with Gasteiger partial charge in [0.05, 0.1) is 6.10 Å². The number of carbonyl (C=O) groups excluding carboxylic acids is 1. The van der Waals surface area contributed by atoms with Gasteiger partial charge in [-0.1, -0.05) is 18.2 Å². The largest absolute Gasteiger partial charge is 0.391 e. The summed E-state index contributed by atoms with van der Waals surface area (Å²) in [6.07, 6.45) is 1.00. The maximum atomic E-state index is 12.8. The SMILES string of the molecule is CN(C)CC1CC(O)CN1C(=O)C1Cc2ccccc2N1. The van der Waals surface area contributed by atoms with Crippen LogP contribution in [0.15, 0.2) is 24.3 Å². The molecule has 114 valence electrons. The quantitative estimate of drug-likeness (QED) is 0.853. The van der Waals surface area contributed by atoms with Crippen LogP contribution in [0, 0.1) is 0 Å². The zero-order valence-electron chi connectivity index (χ0n) is 12.6. The third-order valence-electron chi connectivity index (χ3n) is 4.32. The lowest BCUT2D eigenvalue weighted by atomic mass is 10.1. The third kappa shape index (κ3) is 2.89. The maximum Gasteiger partial charge on any atom is 0.245 e. The molecule has 0 bridgehead atoms. The Kier molecular flexibility index (Phi) is 3.87. The van der Waals surface area contributed by atoms with Crippen molar-refractivity contribution in [2.45, 2.75) is 31.0 Å². The van der Waals surface area contributed by atoms with E-state index in [-0.39, 0.29) is 18.0 Å². The number of amides is 1. The molecule has 2 aliphatic rings. The van der Waals surface area contributed by atoms with Crippen LogP contribution in [0.5, 0.6) is 0 Å². The number of carbonyl (C=O) groups is 1. The summed E-state index contributed by atoms with van der Waals surface area (Å²) in [6.45, 7) is 1.24. The summed E-state index contributed by atoms with van der Waals surface area (Å²) in [5, 5.41) is 13.2. The van der Waals surface area contributed by atoms with Gasteiger partial charge in [-0.15, -0.1) is 0 Å². The van der Waals surface area contributed by atoms with Gasteiger partial charge in [0, 0.05) is 31.2 Å². The molecule has 21 heavy (non-hydrogen) atoms. The average Bonchev–Trinajstić information content (AvgIpc) is 3.00. The number of anilines is 1. The van der Waals surface area contributed by atoms with E-state index in [4.69, 9.17) is 0 Å². The molecule has 1 saturated heterocycles. The molecule has 5 heteroatoms. The maximum absolute atomic E-state index is 12.8. The second kappa shape index (κ2) is 5.66. The van der Waals surface area contributed by atoms with Crippen LogP contribution in [0.4, 0.5) is 5.69 Å². The molecule has 1 fully saturated rings. The summed E-state index contributed by atoms with van der Waals surface area (Å²) < 4.78 is 0. The molecule has 0 aromatic heterocycles. The first-order valence-corrected chi connectivity index (χ1v) is 7.52. The van der Waals surface area contributed by atoms with E-state index < -0.39 is 6.10 Å². The third-order valence-corrected chi connectivity index (χ3v) is 4.32. The molecule has 0 saturated carbocycles. The van der Waals surface area contributed by atoms with Crippen molar-refractivity contribution in [3.8, 4) is 0 Å². The number of rotatable bonds is 3. The lowest BCUT2D eigenvalue weighted by Crippen LogP contribution is -2.47. The fraction of sp³-hybridized carbons (Fsp3) is 0.562. The number of hydrogen-bond acceptors (Lipinski definition) is 4. The highest BCUT2D eigenvalue weighted by molar-refractivity contribution is 5.88. The highest BCUT2D eigenvalue weighted by Gasteiger charge is 2.39. The number of likely N-dealkylation sites (tertiary alicyclic amines) is 1. The second-order valence-electron chi connectivity index (χ2n) is 6.35. The summed E-state index contributed by atoms with van der Waals surface area (Å²) in [7, 11) is 3.99. The molecule has 3 rings (SSSR count). The van der Waals surface area contributed by atoms with E-state index in [1.165, 1.54) is 5.56 Å². The van der Waals surface area contributed by atoms with Crippen molar-refractivity contribution in [3.05, 3.63) is 29.8 Å². The number of nitrogens with one attached hydrogen (secondary N) is 1. The van der Waals surface area contributed by atoms with E-state index >= 15 is 0 Å². The van der Waals surface area contributed by atoms with Crippen molar-refractivity contribution in [1.82, 2.24) is 9.80 Å². The number of para-hydroxylation sites is 1. The van der Waals surface area contributed by atoms with Crippen LogP contribution in [-0.4, -0.2) is 66.2 Å². The molecule has 2 aliphatic heterocycles. The molecule has 1 aromatic carbocycles. The standard InChI is InChI=1S/C16H23N3O2/c1-18(2)9-12-8-13(20)10-19(12)16(21)15-7-11-5-3-4-6-14(11)17-15/h3-6,12-13,15,17,20H,7-10H2,1-2H3. The van der Waals surface area contributed by atoms with E-state index in [2.05, 4.69) is 16.3 Å². The van der Waals surface area contributed by atoms with Crippen LogP contribution >= 0.6 is 0 Å². The van der Waals surface area contributed by atoms with Crippen molar-refractivity contribution in [3.63, 3.8) is 0 Å². The van der Waals surface area contributed by atoms with Gasteiger partial charge in [-0.05, 0) is 32.1 Å². The smallest absolute Gasteiger partial charge is 0.245 e. The zero-order valence-corrected chi connectivity index (χ0v) is 12.6. The topological polar surface area (TPSA) is 55.8 Å². The van der Waals surface area contributed by atoms with Crippen LogP contribution in [0.1, 0.15) is 12.0 Å². The molecule has 0 spiro atoms. The number of aliphatic hydroxyl groups excluding tert-OH is 1. The van der Waals surface area contributed by atoms with E-state index in [0.29, 0.717) is 13.0 Å². The molecule has 2 heterocycles. The van der Waals surface area contributed by atoms with Crippen molar-refractivity contribution < 1.29 is 9.90 Å². The van der Waals surface area contributed by atoms with Gasteiger partial charge in [-0.25, -0.2) is 0 Å². The second-order valence-corrected chi connectivity index (χ2v) is 6.35. The molecule has 0 radical (unpaired) electrons. The minimum absolute atomic E-state index is 0.105. The predicted octanol–water partition coefficient (Wildman–Crippen LogP) is 0.547. The number of nitrogens with zero attached hydrogens (tertiary/aromatic N) is 2. The van der Waals surface area contributed by atoms with Gasteiger partial charge < -0.3 is 20.2 Å². The summed E-state index contributed by atoms with van der Waals surface area (Å²) in [4.78, 5) is 16.7. The first-order valence-electron chi connectivity index (χ1n) is 7.52. The lowest BCUT2D eigenvalue weighted by Gasteiger charge is -2.29. The van der Waals surface area contributed by atoms with Gasteiger partial charge in [0.25, 0.3) is 0 Å². The molecule has 5 nitrogen and oxygen atoms in total. The Labute approximate surface area is 125 Å². The molecular weight excluding hydrogens is 266 g/mol. The fourth-order valence-corrected chi connectivity index (χ4v) is 3.40. The molecule has 3 atom stereocenters. The van der Waals surface area contributed by atoms with E-state index in [9.17, 15) is 9.90 Å². The van der Waals surface area contributed by atoms with Crippen LogP contribution in [0.25, 0.3) is 0 Å². The van der Waals surface area contributed by atoms with Crippen molar-refractivity contribution in [2.24, 2.45) is 0 Å². The molecule has 1 amide bonds. The van der Waals surface area contributed by atoms with Gasteiger partial charge in [0.1, 0.15) is 6.04 Å². The predicted molar refractivity (Wildman–Crippen MR) is 82.2 cm³/mol. The minimum atomic E-state index is -0.400. The molecular formula is C16H23N3O2. The highest BCUT2D eigenvalue weighted by Crippen LogP contribution is 2.28. The molecule has 0 aliphatic carbocycles. The van der Waals surface area contributed by atoms with E-state index in [1.54, 1.807) is 0 Å². The Morgan fingerprint density at radius 1 is 1.43 bits per heavy atom. The first kappa shape index (κ1) is 14.4.